The predicted molar refractivity (Wildman–Crippen MR) is 151 cm³/mol. The third-order valence-corrected chi connectivity index (χ3v) is 9.08. The van der Waals surface area contributed by atoms with Gasteiger partial charge in [0.1, 0.15) is 5.82 Å². The minimum Gasteiger partial charge on any atom is -0.318 e. The highest BCUT2D eigenvalue weighted by Crippen LogP contribution is 2.23. The number of hydrogen-bond donors (Lipinski definition) is 2. The van der Waals surface area contributed by atoms with Crippen LogP contribution in [0.2, 0.25) is 0 Å². The monoisotopic (exact) mass is 561 g/mol. The molecule has 0 saturated carbocycles. The van der Waals surface area contributed by atoms with Crippen molar-refractivity contribution in [1.29, 1.82) is 0 Å². The molecule has 2 aromatic heterocycles. The van der Waals surface area contributed by atoms with Gasteiger partial charge >= 0.3 is 11.8 Å². The molecule has 0 aliphatic carbocycles. The lowest BCUT2D eigenvalue weighted by molar-refractivity contribution is -0.132. The Labute approximate surface area is 232 Å². The van der Waals surface area contributed by atoms with E-state index < -0.39 is 21.8 Å². The number of nitrogens with zero attached hydrogens (tertiary/aromatic N) is 5. The van der Waals surface area contributed by atoms with Crippen molar-refractivity contribution < 1.29 is 18.0 Å². The van der Waals surface area contributed by atoms with Crippen LogP contribution in [0, 0.1) is 0 Å². The smallest absolute Gasteiger partial charge is 0.314 e. The second-order valence-corrected chi connectivity index (χ2v) is 11.9. The summed E-state index contributed by atoms with van der Waals surface area (Å²) < 4.78 is 29.5. The van der Waals surface area contributed by atoms with Crippen molar-refractivity contribution in [3.63, 3.8) is 0 Å². The van der Waals surface area contributed by atoms with Gasteiger partial charge in [0.2, 0.25) is 10.0 Å². The Balaban J connectivity index is 1.15. The Morgan fingerprint density at radius 3 is 2.12 bits per heavy atom. The van der Waals surface area contributed by atoms with Crippen LogP contribution in [0.1, 0.15) is 24.2 Å². The Morgan fingerprint density at radius 1 is 0.900 bits per heavy atom. The number of carbonyl (C=O) groups excluding carboxylic acids is 2. The lowest BCUT2D eigenvalue weighted by atomic mass is 10.1. The molecule has 3 heterocycles. The zero-order chi connectivity index (χ0) is 28.3. The van der Waals surface area contributed by atoms with Crippen molar-refractivity contribution in [3.05, 3.63) is 84.3 Å². The van der Waals surface area contributed by atoms with Crippen LogP contribution in [0.4, 0.5) is 11.4 Å². The maximum atomic E-state index is 13.1. The van der Waals surface area contributed by atoms with E-state index in [9.17, 15) is 18.0 Å². The molecule has 0 radical (unpaired) electrons. The quantitative estimate of drug-likeness (QED) is 0.332. The number of amides is 2. The molecule has 0 spiro atoms. The van der Waals surface area contributed by atoms with E-state index in [2.05, 4.69) is 25.7 Å². The minimum atomic E-state index is -3.68. The van der Waals surface area contributed by atoms with Gasteiger partial charge in [0.25, 0.3) is 0 Å². The van der Waals surface area contributed by atoms with Crippen LogP contribution in [-0.4, -0.2) is 77.3 Å². The fourth-order valence-electron chi connectivity index (χ4n) is 4.71. The summed E-state index contributed by atoms with van der Waals surface area (Å²) in [5.41, 5.74) is 2.52. The molecule has 2 aromatic carbocycles. The van der Waals surface area contributed by atoms with Gasteiger partial charge in [-0.1, -0.05) is 18.2 Å². The number of rotatable bonds is 7. The molecule has 0 bridgehead atoms. The number of hydrogen-bond acceptors (Lipinski definition) is 7. The van der Waals surface area contributed by atoms with E-state index in [1.165, 1.54) is 28.6 Å². The van der Waals surface area contributed by atoms with Crippen LogP contribution >= 0.6 is 0 Å². The average Bonchev–Trinajstić information content (AvgIpc) is 3.37. The van der Waals surface area contributed by atoms with Crippen molar-refractivity contribution in [1.82, 2.24) is 23.8 Å². The zero-order valence-electron chi connectivity index (χ0n) is 22.3. The number of aromatic nitrogens is 3. The summed E-state index contributed by atoms with van der Waals surface area (Å²) in [5.74, 6) is -0.910. The van der Waals surface area contributed by atoms with Crippen LogP contribution in [0.3, 0.4) is 0 Å². The summed E-state index contributed by atoms with van der Waals surface area (Å²) in [6.45, 7) is 1.70. The SMILES string of the molecule is CN1CCC(N(C)S(=O)(=O)c2ccc(NC(=O)C(=O)Nc3ccc(Cc4nnc5ccccn45)cc3)cc2)CC1. The summed E-state index contributed by atoms with van der Waals surface area (Å²) in [6.07, 6.45) is 4.01. The lowest BCUT2D eigenvalue weighted by Crippen LogP contribution is -2.44. The Bertz CT molecular complexity index is 1610. The van der Waals surface area contributed by atoms with Gasteiger partial charge in [0.05, 0.1) is 4.90 Å². The molecule has 40 heavy (non-hydrogen) atoms. The van der Waals surface area contributed by atoms with Gasteiger partial charge in [0, 0.05) is 37.1 Å². The molecule has 12 heteroatoms. The molecule has 2 amide bonds. The number of fused-ring (bicyclic) bond motifs is 1. The van der Waals surface area contributed by atoms with E-state index in [1.54, 1.807) is 19.2 Å². The molecule has 208 valence electrons. The van der Waals surface area contributed by atoms with E-state index in [-0.39, 0.29) is 10.9 Å². The molecule has 11 nitrogen and oxygen atoms in total. The summed E-state index contributed by atoms with van der Waals surface area (Å²) in [5, 5.41) is 13.5. The first-order valence-corrected chi connectivity index (χ1v) is 14.4. The molecular formula is C28H31N7O4S. The molecule has 2 N–H and O–H groups in total. The fourth-order valence-corrected chi connectivity index (χ4v) is 6.12. The van der Waals surface area contributed by atoms with E-state index in [0.29, 0.717) is 17.8 Å². The highest BCUT2D eigenvalue weighted by atomic mass is 32.2. The van der Waals surface area contributed by atoms with E-state index in [1.807, 2.05) is 48.0 Å². The molecule has 5 rings (SSSR count). The zero-order valence-corrected chi connectivity index (χ0v) is 23.1. The predicted octanol–water partition coefficient (Wildman–Crippen LogP) is 2.61. The summed E-state index contributed by atoms with van der Waals surface area (Å²) in [6, 6.07) is 18.6. The van der Waals surface area contributed by atoms with Crippen molar-refractivity contribution in [2.45, 2.75) is 30.2 Å². The summed E-state index contributed by atoms with van der Waals surface area (Å²) in [7, 11) is -0.0445. The van der Waals surface area contributed by atoms with Crippen LogP contribution < -0.4 is 10.6 Å². The number of likely N-dealkylation sites (tertiary alicyclic amines) is 1. The third-order valence-electron chi connectivity index (χ3n) is 7.16. The normalized spacial score (nSPS) is 14.9. The lowest BCUT2D eigenvalue weighted by Gasteiger charge is -2.34. The maximum absolute atomic E-state index is 13.1. The van der Waals surface area contributed by atoms with Gasteiger partial charge in [-0.3, -0.25) is 14.0 Å². The number of pyridine rings is 1. The topological polar surface area (TPSA) is 129 Å². The fraction of sp³-hybridized carbons (Fsp3) is 0.286. The van der Waals surface area contributed by atoms with E-state index >= 15 is 0 Å². The molecule has 4 aromatic rings. The number of piperidine rings is 1. The van der Waals surface area contributed by atoms with Crippen LogP contribution in [0.15, 0.2) is 77.8 Å². The first-order chi connectivity index (χ1) is 19.2. The van der Waals surface area contributed by atoms with E-state index in [0.717, 1.165) is 43.0 Å². The highest BCUT2D eigenvalue weighted by Gasteiger charge is 2.30. The Hall–Kier alpha value is -4.13. The van der Waals surface area contributed by atoms with Crippen molar-refractivity contribution in [2.24, 2.45) is 0 Å². The van der Waals surface area contributed by atoms with Gasteiger partial charge < -0.3 is 15.5 Å². The van der Waals surface area contributed by atoms with Crippen molar-refractivity contribution >= 4 is 38.9 Å². The molecule has 1 fully saturated rings. The second kappa shape index (κ2) is 11.5. The second-order valence-electron chi connectivity index (χ2n) is 9.91. The maximum Gasteiger partial charge on any atom is 0.314 e. The average molecular weight is 562 g/mol. The Morgan fingerprint density at radius 2 is 1.50 bits per heavy atom. The standard InChI is InChI=1S/C28H31N7O4S/c1-33-17-14-23(15-18-33)34(2)40(38,39)24-12-10-22(11-13-24)30-28(37)27(36)29-21-8-6-20(7-9-21)19-26-32-31-25-5-3-4-16-35(25)26/h3-13,16,23H,14-15,17-19H2,1-2H3,(H,29,36)(H,30,37). The molecule has 1 aliphatic rings. The molecule has 1 aliphatic heterocycles. The molecule has 0 unspecified atom stereocenters. The Kier molecular flexibility index (Phi) is 7.92. The van der Waals surface area contributed by atoms with Crippen LogP contribution in [0.25, 0.3) is 5.65 Å². The van der Waals surface area contributed by atoms with Crippen molar-refractivity contribution in [3.8, 4) is 0 Å². The third kappa shape index (κ3) is 6.03. The van der Waals surface area contributed by atoms with Crippen molar-refractivity contribution in [2.75, 3.05) is 37.8 Å². The van der Waals surface area contributed by atoms with Gasteiger partial charge in [-0.15, -0.1) is 10.2 Å². The van der Waals surface area contributed by atoms with Gasteiger partial charge in [-0.2, -0.15) is 4.31 Å². The number of anilines is 2. The first kappa shape index (κ1) is 27.4. The summed E-state index contributed by atoms with van der Waals surface area (Å²) >= 11 is 0. The summed E-state index contributed by atoms with van der Waals surface area (Å²) in [4.78, 5) is 27.3. The van der Waals surface area contributed by atoms with E-state index in [4.69, 9.17) is 0 Å². The largest absolute Gasteiger partial charge is 0.318 e. The molecule has 0 atom stereocenters. The van der Waals surface area contributed by atoms with Crippen LogP contribution in [-0.2, 0) is 26.0 Å². The van der Waals surface area contributed by atoms with Gasteiger partial charge in [-0.25, -0.2) is 8.42 Å². The number of sulfonamides is 1. The highest BCUT2D eigenvalue weighted by molar-refractivity contribution is 7.89. The number of carbonyl (C=O) groups is 2. The number of nitrogens with one attached hydrogen (secondary N) is 2. The van der Waals surface area contributed by atoms with Gasteiger partial charge in [-0.05, 0) is 87.1 Å². The van der Waals surface area contributed by atoms with Crippen LogP contribution in [0.5, 0.6) is 0 Å². The first-order valence-electron chi connectivity index (χ1n) is 13.0. The minimum absolute atomic E-state index is 0.0547. The molecule has 1 saturated heterocycles. The molecular weight excluding hydrogens is 530 g/mol. The number of benzene rings is 2. The van der Waals surface area contributed by atoms with Gasteiger partial charge in [0.15, 0.2) is 5.65 Å².